The summed E-state index contributed by atoms with van der Waals surface area (Å²) in [5, 5.41) is 1.96. The number of aromatic nitrogens is 2. The number of hydrogen-bond donors (Lipinski definition) is 2. The lowest BCUT2D eigenvalue weighted by Crippen LogP contribution is -2.26. The SMILES string of the molecule is CC(=O)OC1CCc2nc3ccccc3c(N)c2C1.CCC(=O)OC1CCc2nc3ccccc3c(N)c2C1. The third-order valence-electron chi connectivity index (χ3n) is 7.44. The minimum absolute atomic E-state index is 0.0692. The average Bonchev–Trinajstić information content (AvgIpc) is 2.94. The smallest absolute Gasteiger partial charge is 0.305 e. The number of nitrogens with zero attached hydrogens (tertiary/aromatic N) is 2. The van der Waals surface area contributed by atoms with Crippen molar-refractivity contribution in [2.75, 3.05) is 11.5 Å². The predicted octanol–water partition coefficient (Wildman–Crippen LogP) is 4.86. The van der Waals surface area contributed by atoms with Crippen LogP contribution in [0.3, 0.4) is 0 Å². The van der Waals surface area contributed by atoms with E-state index >= 15 is 0 Å². The quantitative estimate of drug-likeness (QED) is 0.362. The molecule has 6 rings (SSSR count). The lowest BCUT2D eigenvalue weighted by molar-refractivity contribution is -0.149. The molecule has 8 heteroatoms. The Kier molecular flexibility index (Phi) is 7.63. The molecule has 2 aliphatic carbocycles. The summed E-state index contributed by atoms with van der Waals surface area (Å²) in [6.45, 7) is 3.25. The molecule has 0 aliphatic heterocycles. The molecule has 0 bridgehead atoms. The van der Waals surface area contributed by atoms with Crippen molar-refractivity contribution < 1.29 is 19.1 Å². The van der Waals surface area contributed by atoms with Crippen LogP contribution in [0.15, 0.2) is 48.5 Å². The molecule has 202 valence electrons. The first kappa shape index (κ1) is 26.4. The van der Waals surface area contributed by atoms with Crippen LogP contribution in [0.1, 0.15) is 55.6 Å². The zero-order valence-corrected chi connectivity index (χ0v) is 22.4. The van der Waals surface area contributed by atoms with Crippen molar-refractivity contribution >= 4 is 45.1 Å². The fourth-order valence-corrected chi connectivity index (χ4v) is 5.49. The molecule has 0 radical (unpaired) electrons. The monoisotopic (exact) mass is 526 g/mol. The molecule has 2 aromatic carbocycles. The van der Waals surface area contributed by atoms with E-state index in [1.807, 2.05) is 55.5 Å². The Morgan fingerprint density at radius 1 is 0.795 bits per heavy atom. The molecule has 2 aromatic heterocycles. The van der Waals surface area contributed by atoms with Gasteiger partial charge in [-0.3, -0.25) is 19.6 Å². The van der Waals surface area contributed by atoms with E-state index in [1.54, 1.807) is 0 Å². The molecule has 39 heavy (non-hydrogen) atoms. The van der Waals surface area contributed by atoms with Crippen LogP contribution in [-0.4, -0.2) is 34.1 Å². The number of aryl methyl sites for hydroxylation is 2. The van der Waals surface area contributed by atoms with E-state index in [0.717, 1.165) is 81.4 Å². The van der Waals surface area contributed by atoms with Crippen molar-refractivity contribution in [2.24, 2.45) is 0 Å². The van der Waals surface area contributed by atoms with Gasteiger partial charge in [0.25, 0.3) is 0 Å². The molecule has 0 saturated heterocycles. The van der Waals surface area contributed by atoms with E-state index < -0.39 is 0 Å². The number of hydrogen-bond acceptors (Lipinski definition) is 8. The van der Waals surface area contributed by atoms with Crippen molar-refractivity contribution in [1.29, 1.82) is 0 Å². The largest absolute Gasteiger partial charge is 0.462 e. The molecule has 8 nitrogen and oxygen atoms in total. The number of rotatable bonds is 3. The van der Waals surface area contributed by atoms with E-state index in [0.29, 0.717) is 19.3 Å². The fraction of sp³-hybridized carbons (Fsp3) is 0.355. The zero-order valence-electron chi connectivity index (χ0n) is 22.4. The summed E-state index contributed by atoms with van der Waals surface area (Å²) >= 11 is 0. The van der Waals surface area contributed by atoms with Crippen LogP contribution in [0.2, 0.25) is 0 Å². The highest BCUT2D eigenvalue weighted by Crippen LogP contribution is 2.33. The van der Waals surface area contributed by atoms with Gasteiger partial charge < -0.3 is 20.9 Å². The lowest BCUT2D eigenvalue weighted by atomic mass is 9.91. The predicted molar refractivity (Wildman–Crippen MR) is 152 cm³/mol. The van der Waals surface area contributed by atoms with Gasteiger partial charge in [0.05, 0.1) is 11.0 Å². The maximum absolute atomic E-state index is 11.4. The number of pyridine rings is 2. The second-order valence-electron chi connectivity index (χ2n) is 10.1. The molecule has 0 spiro atoms. The topological polar surface area (TPSA) is 130 Å². The summed E-state index contributed by atoms with van der Waals surface area (Å²) < 4.78 is 10.7. The van der Waals surface area contributed by atoms with Crippen molar-refractivity contribution in [3.63, 3.8) is 0 Å². The zero-order chi connectivity index (χ0) is 27.5. The van der Waals surface area contributed by atoms with E-state index in [1.165, 1.54) is 6.92 Å². The van der Waals surface area contributed by atoms with Crippen molar-refractivity contribution in [3.8, 4) is 0 Å². The molecule has 0 amide bonds. The summed E-state index contributed by atoms with van der Waals surface area (Å²) in [5.41, 5.74) is 20.1. The molecule has 2 atom stereocenters. The summed E-state index contributed by atoms with van der Waals surface area (Å²) in [6.07, 6.45) is 4.86. The summed E-state index contributed by atoms with van der Waals surface area (Å²) in [6, 6.07) is 15.8. The Morgan fingerprint density at radius 2 is 1.26 bits per heavy atom. The van der Waals surface area contributed by atoms with E-state index in [2.05, 4.69) is 9.97 Å². The van der Waals surface area contributed by atoms with Gasteiger partial charge in [-0.2, -0.15) is 0 Å². The Balaban J connectivity index is 0.000000158. The molecule has 2 aliphatic rings. The van der Waals surface area contributed by atoms with Crippen molar-refractivity contribution in [1.82, 2.24) is 9.97 Å². The standard InChI is InChI=1S/C16H18N2O2.C15H16N2O2/c1-2-15(19)20-10-7-8-14-12(9-10)16(17)11-5-3-4-6-13(11)18-14;1-9(18)19-10-6-7-14-12(8-10)15(16)11-4-2-3-5-13(11)17-14/h3-6,10H,2,7-9H2,1H3,(H2,17,18);2-5,10H,6-8H2,1H3,(H2,16,17). The van der Waals surface area contributed by atoms with E-state index in [-0.39, 0.29) is 24.1 Å². The number of fused-ring (bicyclic) bond motifs is 4. The summed E-state index contributed by atoms with van der Waals surface area (Å²) in [4.78, 5) is 31.8. The van der Waals surface area contributed by atoms with E-state index in [4.69, 9.17) is 20.9 Å². The fourth-order valence-electron chi connectivity index (χ4n) is 5.49. The molecular formula is C31H34N4O4. The lowest BCUT2D eigenvalue weighted by Gasteiger charge is -2.25. The maximum atomic E-state index is 11.4. The molecule has 0 fully saturated rings. The Morgan fingerprint density at radius 3 is 1.72 bits per heavy atom. The molecule has 2 unspecified atom stereocenters. The first-order valence-corrected chi connectivity index (χ1v) is 13.5. The number of carbonyl (C=O) groups is 2. The van der Waals surface area contributed by atoms with Crippen LogP contribution in [-0.2, 0) is 44.7 Å². The third-order valence-corrected chi connectivity index (χ3v) is 7.44. The number of esters is 2. The second-order valence-corrected chi connectivity index (χ2v) is 10.1. The normalized spacial score (nSPS) is 17.9. The number of nitrogen functional groups attached to an aromatic ring is 2. The third kappa shape index (κ3) is 5.65. The minimum atomic E-state index is -0.235. The number of anilines is 2. The van der Waals surface area contributed by atoms with Crippen LogP contribution >= 0.6 is 0 Å². The van der Waals surface area contributed by atoms with Crippen LogP contribution in [0.4, 0.5) is 11.4 Å². The Bertz CT molecular complexity index is 1550. The van der Waals surface area contributed by atoms with Gasteiger partial charge in [0, 0.05) is 70.8 Å². The minimum Gasteiger partial charge on any atom is -0.462 e. The first-order valence-electron chi connectivity index (χ1n) is 13.5. The number of para-hydroxylation sites is 2. The molecular weight excluding hydrogens is 492 g/mol. The second kappa shape index (κ2) is 11.3. The number of ether oxygens (including phenoxy) is 2. The summed E-state index contributed by atoms with van der Waals surface area (Å²) in [5.74, 6) is -0.383. The van der Waals surface area contributed by atoms with Gasteiger partial charge in [-0.1, -0.05) is 43.3 Å². The molecule has 4 N–H and O–H groups in total. The van der Waals surface area contributed by atoms with Gasteiger partial charge >= 0.3 is 11.9 Å². The molecule has 2 heterocycles. The van der Waals surface area contributed by atoms with Crippen molar-refractivity contribution in [3.05, 3.63) is 71.0 Å². The van der Waals surface area contributed by atoms with Crippen LogP contribution in [0.5, 0.6) is 0 Å². The van der Waals surface area contributed by atoms with Crippen LogP contribution in [0, 0.1) is 0 Å². The highest BCUT2D eigenvalue weighted by molar-refractivity contribution is 5.93. The maximum Gasteiger partial charge on any atom is 0.305 e. The highest BCUT2D eigenvalue weighted by Gasteiger charge is 2.26. The van der Waals surface area contributed by atoms with E-state index in [9.17, 15) is 9.59 Å². The Hall–Kier alpha value is -4.20. The molecule has 4 aromatic rings. The van der Waals surface area contributed by atoms with Gasteiger partial charge in [0.15, 0.2) is 0 Å². The van der Waals surface area contributed by atoms with Crippen LogP contribution < -0.4 is 11.5 Å². The number of benzene rings is 2. The number of nitrogens with two attached hydrogens (primary N) is 2. The van der Waals surface area contributed by atoms with Crippen LogP contribution in [0.25, 0.3) is 21.8 Å². The van der Waals surface area contributed by atoms with Gasteiger partial charge in [-0.15, -0.1) is 0 Å². The average molecular weight is 527 g/mol. The van der Waals surface area contributed by atoms with Gasteiger partial charge in [-0.25, -0.2) is 0 Å². The van der Waals surface area contributed by atoms with Gasteiger partial charge in [-0.05, 0) is 37.8 Å². The number of carbonyl (C=O) groups excluding carboxylic acids is 2. The highest BCUT2D eigenvalue weighted by atomic mass is 16.5. The van der Waals surface area contributed by atoms with Gasteiger partial charge in [0.2, 0.25) is 0 Å². The van der Waals surface area contributed by atoms with Crippen molar-refractivity contribution in [2.45, 2.75) is 71.0 Å². The van der Waals surface area contributed by atoms with Gasteiger partial charge in [0.1, 0.15) is 12.2 Å². The summed E-state index contributed by atoms with van der Waals surface area (Å²) in [7, 11) is 0. The first-order chi connectivity index (χ1) is 18.8. The molecule has 0 saturated carbocycles. The Labute approximate surface area is 227 Å².